The second-order valence-corrected chi connectivity index (χ2v) is 10.6. The number of ether oxygens (including phenoxy) is 1. The van der Waals surface area contributed by atoms with E-state index >= 15 is 4.39 Å². The zero-order valence-corrected chi connectivity index (χ0v) is 21.0. The van der Waals surface area contributed by atoms with Gasteiger partial charge in [0, 0.05) is 42.3 Å². The van der Waals surface area contributed by atoms with E-state index in [0.717, 1.165) is 0 Å². The topological polar surface area (TPSA) is 174 Å². The van der Waals surface area contributed by atoms with E-state index in [9.17, 15) is 34.8 Å². The number of carbonyl (C=O) groups is 3. The summed E-state index contributed by atoms with van der Waals surface area (Å²) in [4.78, 5) is 42.3. The summed E-state index contributed by atoms with van der Waals surface area (Å²) in [6, 6.07) is 0.0749. The van der Waals surface area contributed by atoms with Crippen molar-refractivity contribution in [3.63, 3.8) is 0 Å². The molecule has 1 aromatic rings. The Morgan fingerprint density at radius 1 is 1.24 bits per heavy atom. The van der Waals surface area contributed by atoms with Gasteiger partial charge in [0.25, 0.3) is 5.91 Å². The van der Waals surface area contributed by atoms with E-state index in [1.54, 1.807) is 14.1 Å². The first kappa shape index (κ1) is 26.3. The van der Waals surface area contributed by atoms with Crippen molar-refractivity contribution >= 4 is 17.5 Å². The molecule has 6 N–H and O–H groups in total. The third-order valence-corrected chi connectivity index (χ3v) is 8.23. The molecule has 0 spiro atoms. The van der Waals surface area contributed by atoms with Crippen LogP contribution < -0.4 is 5.73 Å². The van der Waals surface area contributed by atoms with E-state index in [1.807, 2.05) is 4.90 Å². The van der Waals surface area contributed by atoms with Crippen molar-refractivity contribution in [2.24, 2.45) is 17.6 Å². The lowest BCUT2D eigenvalue weighted by molar-refractivity contribution is -0.148. The number of fused-ring (bicyclic) bond motifs is 3. The highest BCUT2D eigenvalue weighted by Gasteiger charge is 2.63. The van der Waals surface area contributed by atoms with Gasteiger partial charge in [0.05, 0.1) is 24.8 Å². The molecule has 11 nitrogen and oxygen atoms in total. The Bertz CT molecular complexity index is 1320. The number of aromatic hydroxyl groups is 1. The Hall–Kier alpha value is -3.32. The van der Waals surface area contributed by atoms with Crippen LogP contribution in [0.5, 0.6) is 5.75 Å². The number of hydrogen-bond donors (Lipinski definition) is 5. The van der Waals surface area contributed by atoms with Crippen LogP contribution in [0.15, 0.2) is 28.7 Å². The summed E-state index contributed by atoms with van der Waals surface area (Å²) in [5.41, 5.74) is 1.27. The quantitative estimate of drug-likeness (QED) is 0.335. The van der Waals surface area contributed by atoms with Gasteiger partial charge < -0.3 is 30.9 Å². The van der Waals surface area contributed by atoms with E-state index in [2.05, 4.69) is 0 Å². The first-order valence-corrected chi connectivity index (χ1v) is 12.4. The monoisotopic (exact) mass is 531 g/mol. The smallest absolute Gasteiger partial charge is 0.255 e. The van der Waals surface area contributed by atoms with Crippen LogP contribution in [0.2, 0.25) is 0 Å². The van der Waals surface area contributed by atoms with Gasteiger partial charge in [-0.05, 0) is 38.9 Å². The number of aliphatic hydroxyl groups excluding tert-OH is 2. The van der Waals surface area contributed by atoms with Crippen molar-refractivity contribution in [2.75, 3.05) is 40.4 Å². The highest BCUT2D eigenvalue weighted by atomic mass is 19.1. The number of hydrogen-bond acceptors (Lipinski definition) is 10. The minimum Gasteiger partial charge on any atom is -0.510 e. The number of nitrogens with two attached hydrogens (primary N) is 1. The molecule has 0 saturated carbocycles. The van der Waals surface area contributed by atoms with Crippen molar-refractivity contribution in [1.82, 2.24) is 9.80 Å². The number of benzene rings is 1. The summed E-state index contributed by atoms with van der Waals surface area (Å²) in [6.45, 7) is 2.38. The van der Waals surface area contributed by atoms with Crippen LogP contribution in [0.3, 0.4) is 0 Å². The molecule has 204 valence electrons. The standard InChI is InChI=1S/C26H30FN3O8/c1-29(2)20-14-8-11-7-13-17(15(31)9-12(19(13)27)10-30-3-5-38-6-4-30)21(32)16(11)23(34)26(14,37)24(35)18(22(20)33)25(28)36/h9,11,14,20,31,33-34,37H,3-8,10H2,1-2H3,(H2,28,36)/t11-,14-,20-,26-/m0/s1. The minimum absolute atomic E-state index is 0.00798. The number of morpholine rings is 1. The van der Waals surface area contributed by atoms with E-state index in [-0.39, 0.29) is 41.6 Å². The Morgan fingerprint density at radius 2 is 1.89 bits per heavy atom. The number of likely N-dealkylation sites (N-methyl/N-ethyl adjacent to an activating group) is 1. The summed E-state index contributed by atoms with van der Waals surface area (Å²) in [7, 11) is 3.09. The minimum atomic E-state index is -2.73. The number of allylic oxidation sites excluding steroid dienone is 1. The second kappa shape index (κ2) is 9.16. The molecule has 5 rings (SSSR count). The Balaban J connectivity index is 1.62. The predicted molar refractivity (Wildman–Crippen MR) is 130 cm³/mol. The van der Waals surface area contributed by atoms with E-state index < -0.39 is 69.6 Å². The number of halogens is 1. The first-order valence-electron chi connectivity index (χ1n) is 12.4. The van der Waals surface area contributed by atoms with Gasteiger partial charge in [0.15, 0.2) is 11.4 Å². The number of amides is 1. The van der Waals surface area contributed by atoms with Gasteiger partial charge in [-0.3, -0.25) is 24.2 Å². The van der Waals surface area contributed by atoms with Gasteiger partial charge in [0.1, 0.15) is 28.7 Å². The summed E-state index contributed by atoms with van der Waals surface area (Å²) in [5, 5.41) is 44.4. The van der Waals surface area contributed by atoms with Crippen molar-refractivity contribution in [3.8, 4) is 5.75 Å². The maximum Gasteiger partial charge on any atom is 0.255 e. The zero-order valence-electron chi connectivity index (χ0n) is 21.0. The molecule has 1 fully saturated rings. The third-order valence-electron chi connectivity index (χ3n) is 8.23. The SMILES string of the molecule is CN(C)[C@@H]1C(O)=C(C(N)=O)C(=O)[C@@]2(O)C(O)=C3C(=O)c4c(O)cc(CN5CCOCC5)c(F)c4C[C@H]3C[C@@H]12. The Labute approximate surface area is 217 Å². The fourth-order valence-corrected chi connectivity index (χ4v) is 6.47. The van der Waals surface area contributed by atoms with Gasteiger partial charge >= 0.3 is 0 Å². The molecule has 0 aromatic heterocycles. The molecule has 1 amide bonds. The van der Waals surface area contributed by atoms with E-state index in [1.165, 1.54) is 11.0 Å². The number of rotatable bonds is 4. The highest BCUT2D eigenvalue weighted by molar-refractivity contribution is 6.24. The number of phenolic OH excluding ortho intramolecular Hbond substituents is 1. The first-order chi connectivity index (χ1) is 17.9. The van der Waals surface area contributed by atoms with Gasteiger partial charge in [-0.25, -0.2) is 4.39 Å². The summed E-state index contributed by atoms with van der Waals surface area (Å²) < 4.78 is 21.1. The zero-order chi connectivity index (χ0) is 27.7. The van der Waals surface area contributed by atoms with Crippen LogP contribution in [-0.4, -0.2) is 99.7 Å². The van der Waals surface area contributed by atoms with E-state index in [0.29, 0.717) is 26.3 Å². The Kier molecular flexibility index (Phi) is 6.33. The van der Waals surface area contributed by atoms with Crippen LogP contribution in [0, 0.1) is 17.7 Å². The lowest BCUT2D eigenvalue weighted by Crippen LogP contribution is -2.63. The lowest BCUT2D eigenvalue weighted by atomic mass is 9.58. The van der Waals surface area contributed by atoms with Crippen LogP contribution in [0.25, 0.3) is 0 Å². The summed E-state index contributed by atoms with van der Waals surface area (Å²) in [6.07, 6.45) is -0.190. The van der Waals surface area contributed by atoms with Crippen molar-refractivity contribution in [3.05, 3.63) is 51.2 Å². The fourth-order valence-electron chi connectivity index (χ4n) is 6.47. The maximum absolute atomic E-state index is 15.8. The molecular weight excluding hydrogens is 501 g/mol. The van der Waals surface area contributed by atoms with Gasteiger partial charge in [0.2, 0.25) is 5.78 Å². The number of primary amides is 1. The molecule has 38 heavy (non-hydrogen) atoms. The molecule has 1 saturated heterocycles. The fraction of sp³-hybridized carbons (Fsp3) is 0.500. The average Bonchev–Trinajstić information content (AvgIpc) is 2.84. The molecule has 1 aliphatic heterocycles. The van der Waals surface area contributed by atoms with Crippen molar-refractivity contribution in [2.45, 2.75) is 31.0 Å². The van der Waals surface area contributed by atoms with Crippen LogP contribution in [0.4, 0.5) is 4.39 Å². The molecule has 0 bridgehead atoms. The number of aliphatic hydroxyl groups is 3. The normalized spacial score (nSPS) is 29.9. The van der Waals surface area contributed by atoms with Gasteiger partial charge in [-0.15, -0.1) is 0 Å². The summed E-state index contributed by atoms with van der Waals surface area (Å²) in [5.74, 6) is -8.26. The van der Waals surface area contributed by atoms with Crippen molar-refractivity contribution in [1.29, 1.82) is 0 Å². The maximum atomic E-state index is 15.8. The van der Waals surface area contributed by atoms with Crippen LogP contribution >= 0.6 is 0 Å². The molecule has 4 aliphatic rings. The molecule has 3 aliphatic carbocycles. The Morgan fingerprint density at radius 3 is 2.50 bits per heavy atom. The van der Waals surface area contributed by atoms with Crippen LogP contribution in [-0.2, 0) is 27.3 Å². The molecule has 0 radical (unpaired) electrons. The van der Waals surface area contributed by atoms with Crippen LogP contribution in [0.1, 0.15) is 27.9 Å². The molecule has 1 aromatic carbocycles. The highest BCUT2D eigenvalue weighted by Crippen LogP contribution is 2.52. The molecule has 4 atom stereocenters. The largest absolute Gasteiger partial charge is 0.510 e. The predicted octanol–water partition coefficient (Wildman–Crippen LogP) is 0.0919. The van der Waals surface area contributed by atoms with Crippen molar-refractivity contribution < 1.29 is 43.9 Å². The molecule has 1 heterocycles. The number of nitrogens with zero attached hydrogens (tertiary/aromatic N) is 2. The third kappa shape index (κ3) is 3.66. The number of carbonyl (C=O) groups excluding carboxylic acids is 3. The van der Waals surface area contributed by atoms with Gasteiger partial charge in [-0.1, -0.05) is 0 Å². The molecule has 0 unspecified atom stereocenters. The molecule has 12 heteroatoms. The second-order valence-electron chi connectivity index (χ2n) is 10.6. The lowest BCUT2D eigenvalue weighted by Gasteiger charge is -2.50. The average molecular weight is 532 g/mol. The van der Waals surface area contributed by atoms with E-state index in [4.69, 9.17) is 10.5 Å². The number of ketones is 2. The molecular formula is C26H30FN3O8. The number of phenols is 1. The van der Waals surface area contributed by atoms with Gasteiger partial charge in [-0.2, -0.15) is 0 Å². The number of Topliss-reactive ketones (excluding diaryl/α,β-unsaturated/α-hetero) is 2. The summed E-state index contributed by atoms with van der Waals surface area (Å²) >= 11 is 0.